The van der Waals surface area contributed by atoms with E-state index in [-0.39, 0.29) is 28.4 Å². The lowest BCUT2D eigenvalue weighted by molar-refractivity contribution is 0.569. The molecule has 2 aliphatic heterocycles. The van der Waals surface area contributed by atoms with Crippen LogP contribution in [0.2, 0.25) is 0 Å². The van der Waals surface area contributed by atoms with E-state index in [4.69, 9.17) is 0 Å². The lowest BCUT2D eigenvalue weighted by Crippen LogP contribution is -2.61. The highest BCUT2D eigenvalue weighted by Crippen LogP contribution is 2.57. The first kappa shape index (κ1) is 81.9. The minimum absolute atomic E-state index is 0.222. The molecule has 2 aliphatic rings. The first-order chi connectivity index (χ1) is 63.3. The zero-order valence-electron chi connectivity index (χ0n) is 77.4. The Kier molecular flexibility index (Phi) is 19.7. The predicted octanol–water partition coefficient (Wildman–Crippen LogP) is 32.8. The number of hydrogen-bond acceptors (Lipinski definition) is 2. The third-order valence-corrected chi connectivity index (χ3v) is 27.7. The van der Waals surface area contributed by atoms with Crippen molar-refractivity contribution < 1.29 is 0 Å². The summed E-state index contributed by atoms with van der Waals surface area (Å²) in [5.74, 6) is 0. The molecule has 0 bridgehead atoms. The van der Waals surface area contributed by atoms with Crippen molar-refractivity contribution in [2.24, 2.45) is 0 Å². The van der Waals surface area contributed by atoms with Gasteiger partial charge in [-0.2, -0.15) is 0 Å². The minimum atomic E-state index is -0.349. The third kappa shape index (κ3) is 14.5. The quantitative estimate of drug-likeness (QED) is 0.107. The maximum absolute atomic E-state index is 2.78. The van der Waals surface area contributed by atoms with Gasteiger partial charge in [-0.3, -0.25) is 0 Å². The van der Waals surface area contributed by atoms with Gasteiger partial charge in [-0.15, -0.1) is 0 Å². The van der Waals surface area contributed by atoms with Crippen molar-refractivity contribution in [3.63, 3.8) is 0 Å². The van der Waals surface area contributed by atoms with Crippen molar-refractivity contribution in [3.8, 4) is 112 Å². The second kappa shape index (κ2) is 31.6. The molecule has 20 aromatic rings. The first-order valence-corrected chi connectivity index (χ1v) is 46.5. The summed E-state index contributed by atoms with van der Waals surface area (Å²) in [5.41, 5.74) is 44.0. The summed E-state index contributed by atoms with van der Waals surface area (Å²) in [6.45, 7) is 32.7. The van der Waals surface area contributed by atoms with Crippen molar-refractivity contribution in [1.82, 2.24) is 9.13 Å². The maximum Gasteiger partial charge on any atom is 0.252 e. The van der Waals surface area contributed by atoms with Crippen molar-refractivity contribution in [3.05, 3.63) is 428 Å². The van der Waals surface area contributed by atoms with E-state index >= 15 is 0 Å². The molecular weight excluding hydrogens is 1580 g/mol. The fourth-order valence-corrected chi connectivity index (χ4v) is 20.8. The number of benzene rings is 18. The Labute approximate surface area is 772 Å². The number of para-hydroxylation sites is 2. The van der Waals surface area contributed by atoms with Crippen LogP contribution in [0, 0.1) is 13.8 Å². The fourth-order valence-electron chi connectivity index (χ4n) is 20.8. The molecule has 5 heteroatoms. The molecule has 131 heavy (non-hydrogen) atoms. The van der Waals surface area contributed by atoms with Crippen LogP contribution in [-0.2, 0) is 21.7 Å². The van der Waals surface area contributed by atoms with Crippen molar-refractivity contribution >= 4 is 101 Å². The minimum Gasteiger partial charge on any atom is -0.310 e. The van der Waals surface area contributed by atoms with E-state index in [1.54, 1.807) is 0 Å². The number of aromatic nitrogens is 2. The van der Waals surface area contributed by atoms with Gasteiger partial charge in [0.05, 0.1) is 33.4 Å². The SMILES string of the molecule is Cc1ccc2c(c1)c1ccccc1n2-c1ccc2c(c1)N(c1c(-c3ccccc3)cc(C(C)(C)C)cc1-c1cccc(-c3cccc(-c4ccccc4)c3)c1)c1cc(-c3cc(C(C)(C)C)cc(C(C)(C)C)c3)cc3c1B2c1ccc(-n2c4ccccc4c4cc(C)ccc42)cc1N3c1c(-c2ccccc2)cc(C(C)(C)C)cc1-c1cccc(-c2cccc(-c3ccccc3)c2)c1. The van der Waals surface area contributed by atoms with Gasteiger partial charge >= 0.3 is 0 Å². The number of nitrogens with zero attached hydrogens (tertiary/aromatic N) is 4. The van der Waals surface area contributed by atoms with Gasteiger partial charge in [0.25, 0.3) is 6.71 Å². The van der Waals surface area contributed by atoms with Crippen LogP contribution >= 0.6 is 0 Å². The summed E-state index contributed by atoms with van der Waals surface area (Å²) >= 11 is 0. The summed E-state index contributed by atoms with van der Waals surface area (Å²) < 4.78 is 5.08. The molecule has 0 aliphatic carbocycles. The monoisotopic (exact) mass is 1690 g/mol. The Balaban J connectivity index is 0.931. The molecule has 0 amide bonds. The molecule has 0 atom stereocenters. The molecule has 0 saturated carbocycles. The molecule has 0 unspecified atom stereocenters. The van der Waals surface area contributed by atoms with Gasteiger partial charge < -0.3 is 18.9 Å². The van der Waals surface area contributed by atoms with Crippen LogP contribution < -0.4 is 26.2 Å². The Morgan fingerprint density at radius 3 is 0.855 bits per heavy atom. The van der Waals surface area contributed by atoms with Gasteiger partial charge in [-0.25, -0.2) is 0 Å². The predicted molar refractivity (Wildman–Crippen MR) is 562 cm³/mol. The molecular formula is C126H107BN4. The van der Waals surface area contributed by atoms with Gasteiger partial charge in [0.1, 0.15) is 0 Å². The number of rotatable bonds is 13. The zero-order chi connectivity index (χ0) is 89.7. The van der Waals surface area contributed by atoms with E-state index in [1.165, 1.54) is 93.6 Å². The van der Waals surface area contributed by atoms with Crippen LogP contribution in [0.1, 0.15) is 116 Å². The number of hydrogen-bond donors (Lipinski definition) is 0. The molecule has 4 heterocycles. The van der Waals surface area contributed by atoms with Gasteiger partial charge in [-0.05, 0) is 273 Å². The highest BCUT2D eigenvalue weighted by molar-refractivity contribution is 7.00. The van der Waals surface area contributed by atoms with Crippen molar-refractivity contribution in [2.45, 2.75) is 119 Å². The van der Waals surface area contributed by atoms with Crippen LogP contribution in [0.15, 0.2) is 394 Å². The molecule has 2 aromatic heterocycles. The Hall–Kier alpha value is -14.8. The standard InChI is InChI=1S/C126H107BN4/c1-80-55-61-114-108(63-80)102-51-27-29-53-112(102)128(114)100-57-59-110-116(78-100)130(121-104(84-39-23-17-24-40-84)74-98(125(9,10)11)76-106(121)92-49-33-47-90(67-92)88-45-31-43-86(65-88)82-35-19-15-20-36-82)118-71-95(94-69-96(123(3,4)5)73-97(70-94)124(6,7)8)72-119-120(118)127(110)111-60-58-101(129-113-54-30-28-52-103(113)109-64-81(2)56-62-115(109)129)79-117(111)131(119)122-105(85-41-25-18-26-42-85)75-99(126(12,13)14)77-107(122)93-50-34-48-91(68-93)89-46-32-44-87(66-89)83-37-21-16-22-38-83/h15-79H,1-14H3. The third-order valence-electron chi connectivity index (χ3n) is 27.7. The number of aryl methyl sites for hydroxylation is 2. The topological polar surface area (TPSA) is 16.3 Å². The Bertz CT molecular complexity index is 7490. The van der Waals surface area contributed by atoms with E-state index in [0.717, 1.165) is 145 Å². The van der Waals surface area contributed by atoms with E-state index in [2.05, 4.69) is 510 Å². The molecule has 0 fully saturated rings. The largest absolute Gasteiger partial charge is 0.310 e. The second-order valence-corrected chi connectivity index (χ2v) is 40.7. The fraction of sp³-hybridized carbons (Fsp3) is 0.143. The zero-order valence-corrected chi connectivity index (χ0v) is 77.4. The van der Waals surface area contributed by atoms with Gasteiger partial charge in [0.15, 0.2) is 0 Å². The van der Waals surface area contributed by atoms with Crippen LogP contribution in [0.3, 0.4) is 0 Å². The average molecular weight is 1690 g/mol. The van der Waals surface area contributed by atoms with Crippen LogP contribution in [0.4, 0.5) is 34.1 Å². The Morgan fingerprint density at radius 1 is 0.198 bits per heavy atom. The summed E-state index contributed by atoms with van der Waals surface area (Å²) in [7, 11) is 0. The lowest BCUT2D eigenvalue weighted by Gasteiger charge is -2.46. The summed E-state index contributed by atoms with van der Waals surface area (Å²) in [6.07, 6.45) is 0. The second-order valence-electron chi connectivity index (χ2n) is 40.7. The molecule has 634 valence electrons. The van der Waals surface area contributed by atoms with E-state index in [9.17, 15) is 0 Å². The number of fused-ring (bicyclic) bond motifs is 10. The summed E-state index contributed by atoms with van der Waals surface area (Å²) in [5, 5.41) is 4.90. The van der Waals surface area contributed by atoms with Crippen molar-refractivity contribution in [1.29, 1.82) is 0 Å². The highest BCUT2D eigenvalue weighted by atomic mass is 15.2. The van der Waals surface area contributed by atoms with Crippen LogP contribution in [0.5, 0.6) is 0 Å². The van der Waals surface area contributed by atoms with Crippen molar-refractivity contribution in [2.75, 3.05) is 9.80 Å². The molecule has 18 aromatic carbocycles. The van der Waals surface area contributed by atoms with Crippen LogP contribution in [-0.4, -0.2) is 15.8 Å². The van der Waals surface area contributed by atoms with Gasteiger partial charge in [0.2, 0.25) is 0 Å². The van der Waals surface area contributed by atoms with Gasteiger partial charge in [-0.1, -0.05) is 367 Å². The first-order valence-electron chi connectivity index (χ1n) is 46.5. The molecule has 22 rings (SSSR count). The van der Waals surface area contributed by atoms with E-state index in [0.29, 0.717) is 0 Å². The van der Waals surface area contributed by atoms with E-state index in [1.807, 2.05) is 0 Å². The smallest absolute Gasteiger partial charge is 0.252 e. The summed E-state index contributed by atoms with van der Waals surface area (Å²) in [4.78, 5) is 5.57. The maximum atomic E-state index is 2.78. The molecule has 0 N–H and O–H groups in total. The van der Waals surface area contributed by atoms with Crippen LogP contribution in [0.25, 0.3) is 155 Å². The normalized spacial score (nSPS) is 12.8. The molecule has 0 radical (unpaired) electrons. The number of anilines is 6. The van der Waals surface area contributed by atoms with E-state index < -0.39 is 0 Å². The summed E-state index contributed by atoms with van der Waals surface area (Å²) in [6, 6.07) is 152. The molecule has 4 nitrogen and oxygen atoms in total. The Morgan fingerprint density at radius 2 is 0.489 bits per heavy atom. The lowest BCUT2D eigenvalue weighted by atomic mass is 9.33. The molecule has 0 saturated heterocycles. The molecule has 0 spiro atoms. The highest BCUT2D eigenvalue weighted by Gasteiger charge is 2.47. The average Bonchev–Trinajstić information content (AvgIpc) is 0.932. The van der Waals surface area contributed by atoms with Gasteiger partial charge in [0, 0.05) is 77.9 Å².